The van der Waals surface area contributed by atoms with E-state index in [1.165, 1.54) is 0 Å². The first kappa shape index (κ1) is 18.4. The maximum Gasteiger partial charge on any atom is 0.197 e. The molecule has 132 valence electrons. The van der Waals surface area contributed by atoms with Gasteiger partial charge in [-0.25, -0.2) is 0 Å². The summed E-state index contributed by atoms with van der Waals surface area (Å²) in [7, 11) is 2.70. The van der Waals surface area contributed by atoms with Crippen molar-refractivity contribution in [2.24, 2.45) is 0 Å². The molecular weight excluding hydrogens is 339 g/mol. The number of para-hydroxylation sites is 1. The zero-order chi connectivity index (χ0) is 18.8. The van der Waals surface area contributed by atoms with Gasteiger partial charge in [-0.1, -0.05) is 42.0 Å². The Labute approximate surface area is 157 Å². The van der Waals surface area contributed by atoms with Crippen LogP contribution in [0.5, 0.6) is 11.5 Å². The van der Waals surface area contributed by atoms with Gasteiger partial charge >= 0.3 is 0 Å². The highest BCUT2D eigenvalue weighted by molar-refractivity contribution is 7.27. The van der Waals surface area contributed by atoms with Crippen molar-refractivity contribution in [3.05, 3.63) is 88.0 Å². The Bertz CT molecular complexity index is 952. The minimum atomic E-state index is 0.00716. The number of hydrogen-bond donors (Lipinski definition) is 0. The highest BCUT2D eigenvalue weighted by Crippen LogP contribution is 2.31. The molecule has 0 saturated heterocycles. The van der Waals surface area contributed by atoms with Crippen molar-refractivity contribution in [2.45, 2.75) is 27.7 Å². The number of carbonyl (C=O) groups is 1. The second-order valence-electron chi connectivity index (χ2n) is 6.67. The Morgan fingerprint density at radius 3 is 2.08 bits per heavy atom. The summed E-state index contributed by atoms with van der Waals surface area (Å²) in [5.74, 6) is 1.31. The highest BCUT2D eigenvalue weighted by atomic mass is 31.0. The van der Waals surface area contributed by atoms with Crippen molar-refractivity contribution in [3.63, 3.8) is 0 Å². The van der Waals surface area contributed by atoms with Gasteiger partial charge in [-0.15, -0.1) is 9.24 Å². The van der Waals surface area contributed by atoms with Crippen LogP contribution >= 0.6 is 9.24 Å². The van der Waals surface area contributed by atoms with E-state index < -0.39 is 0 Å². The molecule has 0 aliphatic rings. The van der Waals surface area contributed by atoms with Crippen LogP contribution in [-0.4, -0.2) is 5.78 Å². The second-order valence-corrected chi connectivity index (χ2v) is 7.29. The Kier molecular flexibility index (Phi) is 5.25. The van der Waals surface area contributed by atoms with Crippen LogP contribution in [0, 0.1) is 27.7 Å². The van der Waals surface area contributed by atoms with Crippen LogP contribution in [0.2, 0.25) is 0 Å². The summed E-state index contributed by atoms with van der Waals surface area (Å²) in [5.41, 5.74) is 5.45. The van der Waals surface area contributed by atoms with Gasteiger partial charge in [0.05, 0.1) is 5.56 Å². The van der Waals surface area contributed by atoms with E-state index in [1.807, 2.05) is 70.2 Å². The molecule has 0 aliphatic carbocycles. The zero-order valence-electron chi connectivity index (χ0n) is 15.6. The third-order valence-corrected chi connectivity index (χ3v) is 5.20. The molecule has 1 atom stereocenters. The maximum absolute atomic E-state index is 13.5. The number of rotatable bonds is 4. The lowest BCUT2D eigenvalue weighted by Gasteiger charge is -2.17. The largest absolute Gasteiger partial charge is 0.457 e. The molecule has 0 radical (unpaired) electrons. The molecule has 0 fully saturated rings. The van der Waals surface area contributed by atoms with Crippen molar-refractivity contribution in [1.82, 2.24) is 0 Å². The fourth-order valence-corrected chi connectivity index (χ4v) is 3.59. The Balaban J connectivity index is 2.15. The van der Waals surface area contributed by atoms with Crippen molar-refractivity contribution < 1.29 is 9.53 Å². The smallest absolute Gasteiger partial charge is 0.197 e. The van der Waals surface area contributed by atoms with Crippen molar-refractivity contribution >= 4 is 20.3 Å². The Morgan fingerprint density at radius 1 is 0.846 bits per heavy atom. The minimum absolute atomic E-state index is 0.00716. The van der Waals surface area contributed by atoms with Crippen LogP contribution < -0.4 is 10.0 Å². The van der Waals surface area contributed by atoms with Crippen molar-refractivity contribution in [3.8, 4) is 11.5 Å². The van der Waals surface area contributed by atoms with E-state index in [1.54, 1.807) is 0 Å². The average molecular weight is 362 g/mol. The summed E-state index contributed by atoms with van der Waals surface area (Å²) in [4.78, 5) is 13.5. The summed E-state index contributed by atoms with van der Waals surface area (Å²) >= 11 is 0. The van der Waals surface area contributed by atoms with Gasteiger partial charge in [0, 0.05) is 5.56 Å². The quantitative estimate of drug-likeness (QED) is 0.456. The molecule has 3 rings (SSSR count). The lowest BCUT2D eigenvalue weighted by molar-refractivity contribution is 0.103. The van der Waals surface area contributed by atoms with Crippen LogP contribution in [-0.2, 0) is 0 Å². The van der Waals surface area contributed by atoms with Gasteiger partial charge in [-0.2, -0.15) is 0 Å². The molecule has 0 bridgehead atoms. The Morgan fingerprint density at radius 2 is 1.46 bits per heavy atom. The summed E-state index contributed by atoms with van der Waals surface area (Å²) in [5, 5.41) is 0.996. The van der Waals surface area contributed by atoms with Gasteiger partial charge in [0.2, 0.25) is 0 Å². The van der Waals surface area contributed by atoms with Crippen LogP contribution in [0.3, 0.4) is 0 Å². The molecule has 1 unspecified atom stereocenters. The molecule has 2 nitrogen and oxygen atoms in total. The molecule has 0 saturated carbocycles. The number of carbonyl (C=O) groups excluding carboxylic acids is 1. The minimum Gasteiger partial charge on any atom is -0.457 e. The van der Waals surface area contributed by atoms with E-state index in [9.17, 15) is 4.79 Å². The first-order valence-corrected chi connectivity index (χ1v) is 9.20. The van der Waals surface area contributed by atoms with Gasteiger partial charge in [0.1, 0.15) is 11.5 Å². The molecule has 3 heteroatoms. The molecule has 0 aliphatic heterocycles. The van der Waals surface area contributed by atoms with Gasteiger partial charge in [-0.05, 0) is 67.9 Å². The normalized spacial score (nSPS) is 10.7. The van der Waals surface area contributed by atoms with Gasteiger partial charge < -0.3 is 4.74 Å². The summed E-state index contributed by atoms with van der Waals surface area (Å²) in [6.07, 6.45) is 0. The topological polar surface area (TPSA) is 26.3 Å². The van der Waals surface area contributed by atoms with Crippen molar-refractivity contribution in [1.29, 1.82) is 0 Å². The summed E-state index contributed by atoms with van der Waals surface area (Å²) in [6.45, 7) is 7.99. The predicted octanol–water partition coefficient (Wildman–Crippen LogP) is 5.44. The fraction of sp³-hybridized carbons (Fsp3) is 0.174. The summed E-state index contributed by atoms with van der Waals surface area (Å²) in [6, 6.07) is 17.5. The fourth-order valence-electron chi connectivity index (χ4n) is 3.35. The van der Waals surface area contributed by atoms with Crippen LogP contribution in [0.1, 0.15) is 38.2 Å². The summed E-state index contributed by atoms with van der Waals surface area (Å²) < 4.78 is 6.06. The van der Waals surface area contributed by atoms with E-state index in [2.05, 4.69) is 21.4 Å². The molecular formula is C23H23O2P. The number of benzene rings is 3. The number of hydrogen-bond acceptors (Lipinski definition) is 2. The molecule has 0 aromatic heterocycles. The zero-order valence-corrected chi connectivity index (χ0v) is 16.7. The Hall–Kier alpha value is -2.44. The van der Waals surface area contributed by atoms with Crippen molar-refractivity contribution in [2.75, 3.05) is 0 Å². The molecule has 3 aromatic rings. The lowest BCUT2D eigenvalue weighted by Crippen LogP contribution is -2.14. The van der Waals surface area contributed by atoms with Crippen LogP contribution in [0.4, 0.5) is 0 Å². The molecule has 0 heterocycles. The van der Waals surface area contributed by atoms with Crippen LogP contribution in [0.15, 0.2) is 54.6 Å². The second kappa shape index (κ2) is 7.43. The number of ether oxygens (including phenoxy) is 1. The molecule has 0 N–H and O–H groups in total. The molecule has 26 heavy (non-hydrogen) atoms. The number of aryl methyl sites for hydroxylation is 3. The molecule has 3 aromatic carbocycles. The number of ketones is 1. The van der Waals surface area contributed by atoms with E-state index in [-0.39, 0.29) is 5.78 Å². The first-order chi connectivity index (χ1) is 12.4. The van der Waals surface area contributed by atoms with Gasteiger partial charge in [0.15, 0.2) is 5.78 Å². The highest BCUT2D eigenvalue weighted by Gasteiger charge is 2.22. The van der Waals surface area contributed by atoms with Gasteiger partial charge in [0.25, 0.3) is 0 Å². The van der Waals surface area contributed by atoms with Gasteiger partial charge in [-0.3, -0.25) is 4.79 Å². The molecule has 0 spiro atoms. The average Bonchev–Trinajstić information content (AvgIpc) is 2.58. The van der Waals surface area contributed by atoms with E-state index in [0.717, 1.165) is 38.9 Å². The third-order valence-electron chi connectivity index (χ3n) is 4.57. The van der Waals surface area contributed by atoms with E-state index >= 15 is 0 Å². The predicted molar refractivity (Wildman–Crippen MR) is 111 cm³/mol. The standard InChI is InChI=1S/C23H23O2P/c1-14-12-15(2)21(16(3)13-14)23(24)22-17(4)20(26)11-10-19(22)25-18-8-6-5-7-9-18/h5-13H,26H2,1-4H3. The first-order valence-electron chi connectivity index (χ1n) is 8.63. The maximum atomic E-state index is 13.5. The third kappa shape index (κ3) is 3.57. The molecule has 0 amide bonds. The monoisotopic (exact) mass is 362 g/mol. The van der Waals surface area contributed by atoms with E-state index in [0.29, 0.717) is 11.3 Å². The SMILES string of the molecule is Cc1cc(C)c(C(=O)c2c(Oc3ccccc3)ccc(P)c2C)c(C)c1. The van der Waals surface area contributed by atoms with E-state index in [4.69, 9.17) is 4.74 Å². The van der Waals surface area contributed by atoms with Crippen LogP contribution in [0.25, 0.3) is 0 Å². The lowest BCUT2D eigenvalue weighted by atomic mass is 9.91.